The maximum Gasteiger partial charge on any atom is 0.0781 e. The van der Waals surface area contributed by atoms with Crippen molar-refractivity contribution in [2.45, 2.75) is 25.7 Å². The van der Waals surface area contributed by atoms with Crippen LogP contribution in [0.5, 0.6) is 0 Å². The predicted octanol–water partition coefficient (Wildman–Crippen LogP) is 4.56. The fourth-order valence-electron chi connectivity index (χ4n) is 1.46. The third-order valence-electron chi connectivity index (χ3n) is 2.75. The van der Waals surface area contributed by atoms with Gasteiger partial charge in [-0.1, -0.05) is 0 Å². The van der Waals surface area contributed by atoms with E-state index in [9.17, 15) is 0 Å². The zero-order valence-electron chi connectivity index (χ0n) is 12.2. The van der Waals surface area contributed by atoms with Gasteiger partial charge in [0.05, 0.1) is 24.0 Å². The Kier molecular flexibility index (Phi) is 7.17. The molecular formula is C16H14Br2N4. The van der Waals surface area contributed by atoms with Gasteiger partial charge in [0.25, 0.3) is 0 Å². The fraction of sp³-hybridized carbons (Fsp3) is 0.250. The molecule has 0 aliphatic rings. The van der Waals surface area contributed by atoms with Gasteiger partial charge in [0.2, 0.25) is 0 Å². The molecule has 0 spiro atoms. The number of hydrogen-bond acceptors (Lipinski definition) is 4. The molecule has 22 heavy (non-hydrogen) atoms. The third-order valence-corrected chi connectivity index (χ3v) is 3.62. The standard InChI is InChI=1S/C9H9BrN2.C7H5BrN2/c1-9(2,6-11)7-3-8(10)5-12-4-7;8-7-3-6(1-2-9)4-10-5-7/h3-5H,1-2H3;3-5H,1H2. The van der Waals surface area contributed by atoms with Crippen LogP contribution < -0.4 is 0 Å². The van der Waals surface area contributed by atoms with Crippen LogP contribution in [0.4, 0.5) is 0 Å². The second-order valence-corrected chi connectivity index (χ2v) is 6.81. The Morgan fingerprint density at radius 1 is 1.00 bits per heavy atom. The first-order valence-electron chi connectivity index (χ1n) is 6.37. The summed E-state index contributed by atoms with van der Waals surface area (Å²) < 4.78 is 1.82. The molecule has 4 nitrogen and oxygen atoms in total. The molecular weight excluding hydrogens is 408 g/mol. The molecule has 0 saturated carbocycles. The van der Waals surface area contributed by atoms with E-state index in [-0.39, 0.29) is 0 Å². The molecule has 0 atom stereocenters. The minimum Gasteiger partial charge on any atom is -0.263 e. The number of halogens is 2. The van der Waals surface area contributed by atoms with Crippen molar-refractivity contribution in [1.29, 1.82) is 10.5 Å². The highest BCUT2D eigenvalue weighted by Gasteiger charge is 2.19. The molecule has 2 aromatic rings. The van der Waals surface area contributed by atoms with Crippen LogP contribution in [0.3, 0.4) is 0 Å². The summed E-state index contributed by atoms with van der Waals surface area (Å²) in [6.07, 6.45) is 7.23. The minimum absolute atomic E-state index is 0.423. The molecule has 2 heterocycles. The van der Waals surface area contributed by atoms with Gasteiger partial charge in [0.1, 0.15) is 0 Å². The normalized spacial score (nSPS) is 9.91. The fourth-order valence-corrected chi connectivity index (χ4v) is 2.24. The summed E-state index contributed by atoms with van der Waals surface area (Å²) in [6.45, 7) is 3.74. The first-order valence-corrected chi connectivity index (χ1v) is 7.96. The molecule has 0 amide bonds. The molecule has 2 rings (SSSR count). The van der Waals surface area contributed by atoms with Crippen molar-refractivity contribution < 1.29 is 0 Å². The lowest BCUT2D eigenvalue weighted by atomic mass is 9.88. The molecule has 0 bridgehead atoms. The van der Waals surface area contributed by atoms with Crippen molar-refractivity contribution in [3.63, 3.8) is 0 Å². The Labute approximate surface area is 147 Å². The number of nitriles is 2. The van der Waals surface area contributed by atoms with Crippen molar-refractivity contribution >= 4 is 31.9 Å². The summed E-state index contributed by atoms with van der Waals surface area (Å²) in [5.41, 5.74) is 1.41. The Balaban J connectivity index is 0.000000224. The zero-order chi connectivity index (χ0) is 16.6. The summed E-state index contributed by atoms with van der Waals surface area (Å²) in [6, 6.07) is 8.07. The lowest BCUT2D eigenvalue weighted by molar-refractivity contribution is 0.682. The molecule has 0 fully saturated rings. The van der Waals surface area contributed by atoms with E-state index >= 15 is 0 Å². The molecule has 0 aliphatic heterocycles. The maximum absolute atomic E-state index is 8.85. The second-order valence-electron chi connectivity index (χ2n) is 4.97. The van der Waals surface area contributed by atoms with Gasteiger partial charge < -0.3 is 0 Å². The van der Waals surface area contributed by atoms with E-state index in [1.54, 1.807) is 24.8 Å². The second kappa shape index (κ2) is 8.63. The van der Waals surface area contributed by atoms with Gasteiger partial charge in [-0.2, -0.15) is 10.5 Å². The molecule has 0 aromatic carbocycles. The first-order chi connectivity index (χ1) is 10.4. The van der Waals surface area contributed by atoms with Crippen LogP contribution in [0, 0.1) is 22.7 Å². The van der Waals surface area contributed by atoms with E-state index in [4.69, 9.17) is 10.5 Å². The molecule has 6 heteroatoms. The van der Waals surface area contributed by atoms with Crippen molar-refractivity contribution in [2.75, 3.05) is 0 Å². The number of rotatable bonds is 2. The highest BCUT2D eigenvalue weighted by Crippen LogP contribution is 2.23. The summed E-state index contributed by atoms with van der Waals surface area (Å²) in [5.74, 6) is 0. The third kappa shape index (κ3) is 5.93. The number of pyridine rings is 2. The average Bonchev–Trinajstić information content (AvgIpc) is 2.48. The molecule has 2 aromatic heterocycles. The Morgan fingerprint density at radius 2 is 1.59 bits per heavy atom. The van der Waals surface area contributed by atoms with Gasteiger partial charge >= 0.3 is 0 Å². The van der Waals surface area contributed by atoms with Crippen LogP contribution >= 0.6 is 31.9 Å². The van der Waals surface area contributed by atoms with E-state index < -0.39 is 5.41 Å². The molecule has 0 radical (unpaired) electrons. The summed E-state index contributed by atoms with van der Waals surface area (Å²) in [4.78, 5) is 7.91. The van der Waals surface area contributed by atoms with E-state index in [0.717, 1.165) is 20.1 Å². The highest BCUT2D eigenvalue weighted by atomic mass is 79.9. The van der Waals surface area contributed by atoms with E-state index in [1.165, 1.54) is 0 Å². The van der Waals surface area contributed by atoms with Gasteiger partial charge in [-0.25, -0.2) is 0 Å². The number of nitrogens with zero attached hydrogens (tertiary/aromatic N) is 4. The van der Waals surface area contributed by atoms with Gasteiger partial charge in [0, 0.05) is 33.7 Å². The summed E-state index contributed by atoms with van der Waals surface area (Å²) in [5, 5.41) is 17.2. The first kappa shape index (κ1) is 18.3. The molecule has 0 aliphatic carbocycles. The highest BCUT2D eigenvalue weighted by molar-refractivity contribution is 9.10. The Hall–Kier alpha value is -1.76. The molecule has 0 N–H and O–H groups in total. The molecule has 0 unspecified atom stereocenters. The SMILES string of the molecule is CC(C)(C#N)c1cncc(Br)c1.N#CCc1cncc(Br)c1. The number of hydrogen-bond donors (Lipinski definition) is 0. The Morgan fingerprint density at radius 3 is 2.09 bits per heavy atom. The van der Waals surface area contributed by atoms with Gasteiger partial charge in [-0.05, 0) is 69.0 Å². The average molecular weight is 422 g/mol. The quantitative estimate of drug-likeness (QED) is 0.712. The van der Waals surface area contributed by atoms with Gasteiger partial charge in [-0.3, -0.25) is 9.97 Å². The Bertz CT molecular complexity index is 715. The summed E-state index contributed by atoms with van der Waals surface area (Å²) in [7, 11) is 0. The molecule has 0 saturated heterocycles. The zero-order valence-corrected chi connectivity index (χ0v) is 15.4. The predicted molar refractivity (Wildman–Crippen MR) is 91.8 cm³/mol. The van der Waals surface area contributed by atoms with Gasteiger partial charge in [0.15, 0.2) is 0 Å². The van der Waals surface area contributed by atoms with Crippen molar-refractivity contribution in [1.82, 2.24) is 9.97 Å². The maximum atomic E-state index is 8.85. The largest absolute Gasteiger partial charge is 0.263 e. The van der Waals surface area contributed by atoms with E-state index in [2.05, 4.69) is 54.0 Å². The van der Waals surface area contributed by atoms with Crippen LogP contribution in [0.2, 0.25) is 0 Å². The van der Waals surface area contributed by atoms with Crippen LogP contribution in [-0.2, 0) is 11.8 Å². The van der Waals surface area contributed by atoms with Crippen LogP contribution in [0.1, 0.15) is 25.0 Å². The van der Waals surface area contributed by atoms with Crippen LogP contribution in [0.25, 0.3) is 0 Å². The van der Waals surface area contributed by atoms with E-state index in [0.29, 0.717) is 6.42 Å². The minimum atomic E-state index is -0.462. The van der Waals surface area contributed by atoms with Crippen LogP contribution in [-0.4, -0.2) is 9.97 Å². The van der Waals surface area contributed by atoms with E-state index in [1.807, 2.05) is 26.0 Å². The summed E-state index contributed by atoms with van der Waals surface area (Å²) >= 11 is 6.57. The smallest absolute Gasteiger partial charge is 0.0781 e. The van der Waals surface area contributed by atoms with Crippen molar-refractivity contribution in [2.24, 2.45) is 0 Å². The topological polar surface area (TPSA) is 73.4 Å². The molecule has 112 valence electrons. The van der Waals surface area contributed by atoms with Crippen molar-refractivity contribution in [3.8, 4) is 12.1 Å². The monoisotopic (exact) mass is 420 g/mol. The lowest BCUT2D eigenvalue weighted by Crippen LogP contribution is -2.13. The van der Waals surface area contributed by atoms with Crippen LogP contribution in [0.15, 0.2) is 45.9 Å². The van der Waals surface area contributed by atoms with Gasteiger partial charge in [-0.15, -0.1) is 0 Å². The number of aromatic nitrogens is 2. The van der Waals surface area contributed by atoms with Crippen molar-refractivity contribution in [3.05, 3.63) is 57.0 Å². The lowest BCUT2D eigenvalue weighted by Gasteiger charge is -2.14.